The van der Waals surface area contributed by atoms with Crippen molar-refractivity contribution in [1.29, 1.82) is 0 Å². The molecule has 0 N–H and O–H groups in total. The second-order valence-corrected chi connectivity index (χ2v) is 10.7. The lowest BCUT2D eigenvalue weighted by Gasteiger charge is -2.35. The van der Waals surface area contributed by atoms with Gasteiger partial charge in [-0.15, -0.1) is 6.58 Å². The first-order chi connectivity index (χ1) is 21.0. The minimum Gasteiger partial charge on any atom is -0.103 e. The van der Waals surface area contributed by atoms with E-state index in [1.807, 2.05) is 61.5 Å². The zero-order chi connectivity index (χ0) is 35.1. The van der Waals surface area contributed by atoms with Crippen LogP contribution in [0.5, 0.6) is 0 Å². The lowest BCUT2D eigenvalue weighted by atomic mass is 9.70. The predicted molar refractivity (Wildman–Crippen MR) is 211 cm³/mol. The van der Waals surface area contributed by atoms with Crippen LogP contribution in [0.1, 0.15) is 153 Å². The summed E-state index contributed by atoms with van der Waals surface area (Å²) < 4.78 is 0. The van der Waals surface area contributed by atoms with Crippen molar-refractivity contribution < 1.29 is 0 Å². The maximum atomic E-state index is 4.02. The van der Waals surface area contributed by atoms with Crippen molar-refractivity contribution in [2.45, 2.75) is 141 Å². The summed E-state index contributed by atoms with van der Waals surface area (Å²) in [6.45, 7) is 46.2. The zero-order valence-electron chi connectivity index (χ0n) is 31.9. The third kappa shape index (κ3) is 20.9. The first-order valence-corrected chi connectivity index (χ1v) is 17.4. The molecule has 0 amide bonds. The molecule has 0 saturated carbocycles. The molecule has 1 unspecified atom stereocenters. The largest absolute Gasteiger partial charge is 0.103 e. The average Bonchev–Trinajstić information content (AvgIpc) is 3.04. The van der Waals surface area contributed by atoms with Gasteiger partial charge in [0.25, 0.3) is 0 Å². The van der Waals surface area contributed by atoms with E-state index in [1.54, 1.807) is 11.6 Å². The molecule has 250 valence electrons. The molecule has 0 heteroatoms. The van der Waals surface area contributed by atoms with Crippen LogP contribution < -0.4 is 0 Å². The number of rotatable bonds is 11. The molecule has 0 aromatic heterocycles. The number of hydrogen-bond acceptors (Lipinski definition) is 0. The van der Waals surface area contributed by atoms with Crippen LogP contribution in [0.2, 0.25) is 0 Å². The lowest BCUT2D eigenvalue weighted by molar-refractivity contribution is 0.336. The van der Waals surface area contributed by atoms with Crippen LogP contribution in [0.4, 0.5) is 0 Å². The number of allylic oxidation sites excluding steroid dienone is 11. The molecule has 0 aliphatic heterocycles. The normalized spacial score (nSPS) is 14.6. The molecular formula is C44H74. The Hall–Kier alpha value is -2.86. The molecule has 2 rings (SSSR count). The third-order valence-corrected chi connectivity index (χ3v) is 7.10. The highest BCUT2D eigenvalue weighted by molar-refractivity contribution is 5.69. The standard InChI is InChI=1S/C24H32.C10H14.C4H10.3C2H6/c1-6-10-23-11-8-9-17-24(23,5)18-16-20(7-2)22-14-12-21(13-15-22)19(3)4;1-6-7-10(8(2)3)9(4)5;1-3-4-2;3*1-2/h6,11-16H,1,3,7-10,17-18H2,2,4-5H3;6-7H,1-2,4H2,3,5H3;3-4H2,1-2H3;3*1-2H3/b20-16+;;;;;. The maximum absolute atomic E-state index is 4.02. The fourth-order valence-corrected chi connectivity index (χ4v) is 4.44. The SMILES string of the molecule is C=CC=C(C(=C)C)C(=C)C.C=CCC1=CCCCC1(C)C/C=C(\CC)c1ccc(C(=C)C)cc1.CC.CC.CC.CCCC. The quantitative estimate of drug-likeness (QED) is 0.175. The molecule has 1 aliphatic carbocycles. The van der Waals surface area contributed by atoms with E-state index in [1.165, 1.54) is 48.8 Å². The van der Waals surface area contributed by atoms with Gasteiger partial charge in [-0.25, -0.2) is 0 Å². The second-order valence-electron chi connectivity index (χ2n) is 10.7. The highest BCUT2D eigenvalue weighted by atomic mass is 14.3. The van der Waals surface area contributed by atoms with Gasteiger partial charge in [0.2, 0.25) is 0 Å². The Bertz CT molecular complexity index is 985. The molecule has 0 spiro atoms. The molecule has 0 heterocycles. The highest BCUT2D eigenvalue weighted by Gasteiger charge is 2.29. The lowest BCUT2D eigenvalue weighted by Crippen LogP contribution is -2.21. The van der Waals surface area contributed by atoms with Gasteiger partial charge in [0.1, 0.15) is 0 Å². The molecule has 44 heavy (non-hydrogen) atoms. The van der Waals surface area contributed by atoms with E-state index in [9.17, 15) is 0 Å². The van der Waals surface area contributed by atoms with E-state index in [4.69, 9.17) is 0 Å². The van der Waals surface area contributed by atoms with E-state index in [2.05, 4.69) is 110 Å². The summed E-state index contributed by atoms with van der Waals surface area (Å²) in [5.74, 6) is 0. The summed E-state index contributed by atoms with van der Waals surface area (Å²) in [7, 11) is 0. The smallest absolute Gasteiger partial charge is 0.00785 e. The van der Waals surface area contributed by atoms with Crippen molar-refractivity contribution in [2.24, 2.45) is 5.41 Å². The van der Waals surface area contributed by atoms with Gasteiger partial charge >= 0.3 is 0 Å². The number of unbranched alkanes of at least 4 members (excludes halogenated alkanes) is 1. The van der Waals surface area contributed by atoms with Gasteiger partial charge in [-0.3, -0.25) is 0 Å². The van der Waals surface area contributed by atoms with Gasteiger partial charge < -0.3 is 0 Å². The van der Waals surface area contributed by atoms with Crippen molar-refractivity contribution in [2.75, 3.05) is 0 Å². The van der Waals surface area contributed by atoms with E-state index in [-0.39, 0.29) is 0 Å². The Morgan fingerprint density at radius 2 is 1.27 bits per heavy atom. The topological polar surface area (TPSA) is 0 Å². The Morgan fingerprint density at radius 3 is 1.61 bits per heavy atom. The highest BCUT2D eigenvalue weighted by Crippen LogP contribution is 2.43. The van der Waals surface area contributed by atoms with E-state index in [0.29, 0.717) is 5.41 Å². The summed E-state index contributed by atoms with van der Waals surface area (Å²) in [5.41, 5.74) is 10.2. The molecule has 0 fully saturated rings. The van der Waals surface area contributed by atoms with Crippen LogP contribution >= 0.6 is 0 Å². The molecule has 1 aromatic carbocycles. The minimum atomic E-state index is 0.296. The Morgan fingerprint density at radius 1 is 0.795 bits per heavy atom. The summed E-state index contributed by atoms with van der Waals surface area (Å²) in [4.78, 5) is 0. The van der Waals surface area contributed by atoms with Crippen LogP contribution in [-0.2, 0) is 0 Å². The van der Waals surface area contributed by atoms with Crippen molar-refractivity contribution in [3.05, 3.63) is 121 Å². The van der Waals surface area contributed by atoms with Crippen molar-refractivity contribution in [1.82, 2.24) is 0 Å². The number of benzene rings is 1. The van der Waals surface area contributed by atoms with Gasteiger partial charge in [-0.2, -0.15) is 0 Å². The maximum Gasteiger partial charge on any atom is -0.00785 e. The zero-order valence-corrected chi connectivity index (χ0v) is 31.9. The van der Waals surface area contributed by atoms with Crippen molar-refractivity contribution in [3.8, 4) is 0 Å². The molecule has 0 radical (unpaired) electrons. The molecule has 1 aromatic rings. The van der Waals surface area contributed by atoms with Crippen LogP contribution in [0.3, 0.4) is 0 Å². The second kappa shape index (κ2) is 31.6. The van der Waals surface area contributed by atoms with Crippen molar-refractivity contribution >= 4 is 11.1 Å². The Balaban J connectivity index is -0.000000332. The van der Waals surface area contributed by atoms with E-state index in [0.717, 1.165) is 41.6 Å². The van der Waals surface area contributed by atoms with Gasteiger partial charge in [0.15, 0.2) is 0 Å². The molecule has 0 saturated heterocycles. The van der Waals surface area contributed by atoms with Crippen molar-refractivity contribution in [3.63, 3.8) is 0 Å². The summed E-state index contributed by atoms with van der Waals surface area (Å²) in [6, 6.07) is 8.85. The Kier molecular flexibility index (Phi) is 34.5. The summed E-state index contributed by atoms with van der Waals surface area (Å²) >= 11 is 0. The fourth-order valence-electron chi connectivity index (χ4n) is 4.44. The summed E-state index contributed by atoms with van der Waals surface area (Å²) in [5, 5.41) is 0. The van der Waals surface area contributed by atoms with Crippen LogP contribution in [0.15, 0.2) is 110 Å². The molecule has 0 bridgehead atoms. The van der Waals surface area contributed by atoms with Crippen LogP contribution in [0, 0.1) is 5.41 Å². The van der Waals surface area contributed by atoms with Crippen LogP contribution in [-0.4, -0.2) is 0 Å². The Labute approximate surface area is 278 Å². The third-order valence-electron chi connectivity index (χ3n) is 7.10. The minimum absolute atomic E-state index is 0.296. The van der Waals surface area contributed by atoms with Gasteiger partial charge in [-0.1, -0.05) is 185 Å². The van der Waals surface area contributed by atoms with Gasteiger partial charge in [0.05, 0.1) is 0 Å². The molecule has 1 atom stereocenters. The first kappa shape index (κ1) is 48.1. The van der Waals surface area contributed by atoms with Crippen LogP contribution in [0.25, 0.3) is 11.1 Å². The monoisotopic (exact) mass is 603 g/mol. The van der Waals surface area contributed by atoms with Gasteiger partial charge in [-0.05, 0) is 87.0 Å². The summed E-state index contributed by atoms with van der Waals surface area (Å²) in [6.07, 6.45) is 20.3. The fraction of sp³-hybridized carbons (Fsp3) is 0.500. The van der Waals surface area contributed by atoms with E-state index < -0.39 is 0 Å². The number of hydrogen-bond donors (Lipinski definition) is 0. The molecule has 0 nitrogen and oxygen atoms in total. The predicted octanol–water partition coefficient (Wildman–Crippen LogP) is 15.7. The van der Waals surface area contributed by atoms with E-state index >= 15 is 0 Å². The molecule has 1 aliphatic rings. The molecular weight excluding hydrogens is 528 g/mol. The van der Waals surface area contributed by atoms with Gasteiger partial charge in [0, 0.05) is 0 Å². The average molecular weight is 603 g/mol. The first-order valence-electron chi connectivity index (χ1n) is 17.4.